The molecule has 1 aromatic carbocycles. The third kappa shape index (κ3) is 3.22. The Morgan fingerprint density at radius 1 is 1.04 bits per heavy atom. The first-order chi connectivity index (χ1) is 11.2. The summed E-state index contributed by atoms with van der Waals surface area (Å²) in [7, 11) is 5.26. The predicted octanol–water partition coefficient (Wildman–Crippen LogP) is 3.11. The zero-order chi connectivity index (χ0) is 16.2. The highest BCUT2D eigenvalue weighted by Gasteiger charge is 2.21. The minimum Gasteiger partial charge on any atom is -0.497 e. The minimum absolute atomic E-state index is 0.503. The molecule has 6 nitrogen and oxygen atoms in total. The van der Waals surface area contributed by atoms with Gasteiger partial charge in [0.15, 0.2) is 0 Å². The van der Waals surface area contributed by atoms with Crippen molar-refractivity contribution in [2.75, 3.05) is 31.6 Å². The maximum Gasteiger partial charge on any atom is 0.249 e. The number of ether oxygens (including phenoxy) is 1. The molecule has 1 N–H and O–H groups in total. The van der Waals surface area contributed by atoms with Gasteiger partial charge in [0.05, 0.1) is 19.9 Å². The average Bonchev–Trinajstić information content (AvgIpc) is 2.61. The van der Waals surface area contributed by atoms with Gasteiger partial charge in [0.1, 0.15) is 11.6 Å². The maximum absolute atomic E-state index is 5.23. The summed E-state index contributed by atoms with van der Waals surface area (Å²) in [5.74, 6) is 2.27. The van der Waals surface area contributed by atoms with E-state index in [1.807, 2.05) is 31.3 Å². The Hall–Kier alpha value is -2.34. The van der Waals surface area contributed by atoms with E-state index in [0.717, 1.165) is 35.8 Å². The molecule has 2 aromatic rings. The smallest absolute Gasteiger partial charge is 0.249 e. The van der Waals surface area contributed by atoms with Crippen LogP contribution in [0.15, 0.2) is 24.3 Å². The zero-order valence-corrected chi connectivity index (χ0v) is 13.8. The standard InChI is InChI=1S/C17H22N4O2/c1-21(12-8-10-13(22-2)11-9-12)16-14-6-4-5-7-15(14)18-17(19-16)20-23-3/h8-11H,4-7H2,1-3H3,(H,18,19,20). The van der Waals surface area contributed by atoms with Crippen molar-refractivity contribution in [3.05, 3.63) is 35.5 Å². The molecule has 0 spiro atoms. The number of rotatable bonds is 5. The van der Waals surface area contributed by atoms with Crippen molar-refractivity contribution in [2.45, 2.75) is 25.7 Å². The third-order valence-corrected chi connectivity index (χ3v) is 4.13. The van der Waals surface area contributed by atoms with E-state index < -0.39 is 0 Å². The van der Waals surface area contributed by atoms with Gasteiger partial charge < -0.3 is 9.64 Å². The van der Waals surface area contributed by atoms with Gasteiger partial charge in [-0.15, -0.1) is 0 Å². The van der Waals surface area contributed by atoms with Crippen LogP contribution < -0.4 is 15.1 Å². The van der Waals surface area contributed by atoms with Gasteiger partial charge in [-0.3, -0.25) is 4.84 Å². The molecule has 0 amide bonds. The minimum atomic E-state index is 0.503. The van der Waals surface area contributed by atoms with Gasteiger partial charge in [-0.1, -0.05) is 0 Å². The number of benzene rings is 1. The maximum atomic E-state index is 5.23. The molecule has 1 aromatic heterocycles. The van der Waals surface area contributed by atoms with E-state index in [1.54, 1.807) is 14.2 Å². The number of nitrogens with one attached hydrogen (secondary N) is 1. The van der Waals surface area contributed by atoms with Crippen molar-refractivity contribution in [3.8, 4) is 5.75 Å². The lowest BCUT2D eigenvalue weighted by atomic mass is 9.96. The molecule has 23 heavy (non-hydrogen) atoms. The number of methoxy groups -OCH3 is 1. The largest absolute Gasteiger partial charge is 0.497 e. The second-order valence-corrected chi connectivity index (χ2v) is 5.57. The molecular formula is C17H22N4O2. The molecule has 0 aliphatic heterocycles. The topological polar surface area (TPSA) is 59.5 Å². The van der Waals surface area contributed by atoms with Crippen molar-refractivity contribution >= 4 is 17.5 Å². The summed E-state index contributed by atoms with van der Waals surface area (Å²) in [6, 6.07) is 7.96. The van der Waals surface area contributed by atoms with E-state index in [2.05, 4.69) is 20.3 Å². The van der Waals surface area contributed by atoms with Gasteiger partial charge in [-0.2, -0.15) is 4.98 Å². The van der Waals surface area contributed by atoms with E-state index in [-0.39, 0.29) is 0 Å². The molecule has 122 valence electrons. The summed E-state index contributed by atoms with van der Waals surface area (Å²) in [6.45, 7) is 0. The molecule has 0 fully saturated rings. The van der Waals surface area contributed by atoms with Crippen molar-refractivity contribution in [1.82, 2.24) is 9.97 Å². The monoisotopic (exact) mass is 314 g/mol. The lowest BCUT2D eigenvalue weighted by molar-refractivity contribution is 0.267. The van der Waals surface area contributed by atoms with Gasteiger partial charge >= 0.3 is 0 Å². The molecule has 0 radical (unpaired) electrons. The summed E-state index contributed by atoms with van der Waals surface area (Å²) in [6.07, 6.45) is 4.34. The normalized spacial score (nSPS) is 13.3. The van der Waals surface area contributed by atoms with Gasteiger partial charge in [0, 0.05) is 18.3 Å². The predicted molar refractivity (Wildman–Crippen MR) is 90.4 cm³/mol. The van der Waals surface area contributed by atoms with Crippen LogP contribution in [0.3, 0.4) is 0 Å². The van der Waals surface area contributed by atoms with E-state index in [0.29, 0.717) is 5.95 Å². The molecule has 3 rings (SSSR count). The number of anilines is 3. The summed E-state index contributed by atoms with van der Waals surface area (Å²) in [4.78, 5) is 16.3. The third-order valence-electron chi connectivity index (χ3n) is 4.13. The number of aromatic nitrogens is 2. The molecule has 6 heteroatoms. The Morgan fingerprint density at radius 3 is 2.48 bits per heavy atom. The van der Waals surface area contributed by atoms with Gasteiger partial charge in [0.25, 0.3) is 0 Å². The Balaban J connectivity index is 2.00. The fourth-order valence-electron chi connectivity index (χ4n) is 2.92. The van der Waals surface area contributed by atoms with Gasteiger partial charge in [0.2, 0.25) is 5.95 Å². The molecule has 0 saturated carbocycles. The highest BCUT2D eigenvalue weighted by molar-refractivity contribution is 5.65. The number of hydrogen-bond acceptors (Lipinski definition) is 6. The lowest BCUT2D eigenvalue weighted by Crippen LogP contribution is -2.19. The number of hydrogen-bond donors (Lipinski definition) is 1. The van der Waals surface area contributed by atoms with E-state index in [4.69, 9.17) is 9.57 Å². The second kappa shape index (κ2) is 6.83. The van der Waals surface area contributed by atoms with Crippen molar-refractivity contribution in [1.29, 1.82) is 0 Å². The van der Waals surface area contributed by atoms with Crippen LogP contribution in [0.5, 0.6) is 5.75 Å². The van der Waals surface area contributed by atoms with Crippen LogP contribution >= 0.6 is 0 Å². The van der Waals surface area contributed by atoms with Crippen LogP contribution in [-0.4, -0.2) is 31.2 Å². The van der Waals surface area contributed by atoms with Crippen molar-refractivity contribution < 1.29 is 9.57 Å². The zero-order valence-electron chi connectivity index (χ0n) is 13.8. The van der Waals surface area contributed by atoms with Crippen LogP contribution in [0.25, 0.3) is 0 Å². The Bertz CT molecular complexity index is 673. The van der Waals surface area contributed by atoms with E-state index in [9.17, 15) is 0 Å². The molecule has 0 atom stereocenters. The summed E-state index contributed by atoms with van der Waals surface area (Å²) in [5.41, 5.74) is 6.15. The molecule has 0 saturated heterocycles. The first kappa shape index (κ1) is 15.6. The van der Waals surface area contributed by atoms with Crippen molar-refractivity contribution in [3.63, 3.8) is 0 Å². The summed E-state index contributed by atoms with van der Waals surface area (Å²) >= 11 is 0. The highest BCUT2D eigenvalue weighted by atomic mass is 16.6. The number of nitrogens with zero attached hydrogens (tertiary/aromatic N) is 3. The van der Waals surface area contributed by atoms with Crippen LogP contribution in [0.1, 0.15) is 24.1 Å². The van der Waals surface area contributed by atoms with Gasteiger partial charge in [-0.25, -0.2) is 10.5 Å². The van der Waals surface area contributed by atoms with Crippen LogP contribution in [-0.2, 0) is 17.7 Å². The Labute approximate surface area is 136 Å². The molecule has 0 bridgehead atoms. The Morgan fingerprint density at radius 2 is 1.78 bits per heavy atom. The van der Waals surface area contributed by atoms with Gasteiger partial charge in [-0.05, 0) is 49.9 Å². The molecule has 1 aliphatic rings. The SMILES string of the molecule is CONc1nc2c(c(N(C)c3ccc(OC)cc3)n1)CCCC2. The lowest BCUT2D eigenvalue weighted by Gasteiger charge is -2.25. The molecule has 1 heterocycles. The molecular weight excluding hydrogens is 292 g/mol. The first-order valence-corrected chi connectivity index (χ1v) is 7.79. The average molecular weight is 314 g/mol. The fraction of sp³-hybridized carbons (Fsp3) is 0.412. The van der Waals surface area contributed by atoms with Crippen LogP contribution in [0.2, 0.25) is 0 Å². The number of fused-ring (bicyclic) bond motifs is 1. The van der Waals surface area contributed by atoms with E-state index >= 15 is 0 Å². The van der Waals surface area contributed by atoms with Crippen molar-refractivity contribution in [2.24, 2.45) is 0 Å². The summed E-state index contributed by atoms with van der Waals surface area (Å²) < 4.78 is 5.23. The molecule has 1 aliphatic carbocycles. The second-order valence-electron chi connectivity index (χ2n) is 5.57. The first-order valence-electron chi connectivity index (χ1n) is 7.79. The van der Waals surface area contributed by atoms with E-state index in [1.165, 1.54) is 18.4 Å². The van der Waals surface area contributed by atoms with Crippen LogP contribution in [0.4, 0.5) is 17.5 Å². The number of aryl methyl sites for hydroxylation is 1. The summed E-state index contributed by atoms with van der Waals surface area (Å²) in [5, 5.41) is 0. The Kier molecular flexibility index (Phi) is 4.62. The van der Waals surface area contributed by atoms with Crippen LogP contribution in [0, 0.1) is 0 Å². The fourth-order valence-corrected chi connectivity index (χ4v) is 2.92. The highest BCUT2D eigenvalue weighted by Crippen LogP contribution is 2.32. The quantitative estimate of drug-likeness (QED) is 0.856. The molecule has 0 unspecified atom stereocenters.